The summed E-state index contributed by atoms with van der Waals surface area (Å²) in [6.45, 7) is 6.43. The summed E-state index contributed by atoms with van der Waals surface area (Å²) in [5.41, 5.74) is 2.32. The highest BCUT2D eigenvalue weighted by Crippen LogP contribution is 2.18. The van der Waals surface area contributed by atoms with Gasteiger partial charge in [0.15, 0.2) is 11.1 Å². The van der Waals surface area contributed by atoms with E-state index >= 15 is 0 Å². The minimum atomic E-state index is 0.586. The molecule has 0 radical (unpaired) electrons. The first-order valence-electron chi connectivity index (χ1n) is 7.27. The lowest BCUT2D eigenvalue weighted by atomic mass is 10.3. The Hall–Kier alpha value is -1.60. The molecule has 0 aliphatic carbocycles. The van der Waals surface area contributed by atoms with E-state index in [9.17, 15) is 0 Å². The van der Waals surface area contributed by atoms with Gasteiger partial charge in [-0.3, -0.25) is 0 Å². The Morgan fingerprint density at radius 1 is 1.32 bits per heavy atom. The lowest BCUT2D eigenvalue weighted by molar-refractivity contribution is 0.817. The Morgan fingerprint density at radius 3 is 2.73 bits per heavy atom. The van der Waals surface area contributed by atoms with Crippen LogP contribution in [0.4, 0.5) is 5.13 Å². The molecule has 2 aromatic heterocycles. The number of aromatic nitrogens is 1. The van der Waals surface area contributed by atoms with E-state index in [-0.39, 0.29) is 0 Å². The van der Waals surface area contributed by atoms with E-state index in [1.807, 2.05) is 19.0 Å². The van der Waals surface area contributed by atoms with E-state index in [0.29, 0.717) is 6.54 Å². The predicted molar refractivity (Wildman–Crippen MR) is 97.2 cm³/mol. The third-order valence-corrected chi connectivity index (χ3v) is 5.13. The van der Waals surface area contributed by atoms with Gasteiger partial charge in [0.05, 0.1) is 18.8 Å². The van der Waals surface area contributed by atoms with Crippen LogP contribution in [-0.4, -0.2) is 31.6 Å². The summed E-state index contributed by atoms with van der Waals surface area (Å²) < 4.78 is 0. The molecule has 0 fully saturated rings. The maximum Gasteiger partial charge on any atom is 0.191 e. The zero-order chi connectivity index (χ0) is 15.9. The molecule has 0 bridgehead atoms. The number of nitrogens with zero attached hydrogens (tertiary/aromatic N) is 3. The second-order valence-electron chi connectivity index (χ2n) is 5.09. The van der Waals surface area contributed by atoms with Crippen molar-refractivity contribution in [2.75, 3.05) is 25.5 Å². The highest BCUT2D eigenvalue weighted by Gasteiger charge is 2.05. The van der Waals surface area contributed by atoms with Crippen LogP contribution in [0.3, 0.4) is 0 Å². The molecule has 120 valence electrons. The van der Waals surface area contributed by atoms with Crippen molar-refractivity contribution < 1.29 is 0 Å². The molecule has 2 N–H and O–H groups in total. The summed E-state index contributed by atoms with van der Waals surface area (Å²) in [6, 6.07) is 2.14. The number of aryl methyl sites for hydroxylation is 1. The molecule has 0 unspecified atom stereocenters. The van der Waals surface area contributed by atoms with Gasteiger partial charge in [-0.25, -0.2) is 9.98 Å². The molecule has 2 heterocycles. The summed E-state index contributed by atoms with van der Waals surface area (Å²) in [4.78, 5) is 12.5. The number of hydrogen-bond donors (Lipinski definition) is 2. The molecule has 2 rings (SSSR count). The highest BCUT2D eigenvalue weighted by molar-refractivity contribution is 7.13. The van der Waals surface area contributed by atoms with Crippen LogP contribution in [0.2, 0.25) is 0 Å². The first kappa shape index (κ1) is 16.8. The molecule has 0 aliphatic rings. The van der Waals surface area contributed by atoms with Crippen molar-refractivity contribution in [1.82, 2.24) is 15.6 Å². The van der Waals surface area contributed by atoms with Crippen molar-refractivity contribution in [2.45, 2.75) is 26.9 Å². The van der Waals surface area contributed by atoms with Gasteiger partial charge >= 0.3 is 0 Å². The summed E-state index contributed by atoms with van der Waals surface area (Å²) in [5.74, 6) is 0.828. The zero-order valence-electron chi connectivity index (χ0n) is 13.5. The van der Waals surface area contributed by atoms with Gasteiger partial charge in [0.1, 0.15) is 0 Å². The molecule has 22 heavy (non-hydrogen) atoms. The number of rotatable bonds is 6. The van der Waals surface area contributed by atoms with Crippen LogP contribution in [0.5, 0.6) is 0 Å². The summed E-state index contributed by atoms with van der Waals surface area (Å²) >= 11 is 3.41. The van der Waals surface area contributed by atoms with Crippen LogP contribution in [0.25, 0.3) is 0 Å². The van der Waals surface area contributed by atoms with Gasteiger partial charge in [-0.1, -0.05) is 0 Å². The van der Waals surface area contributed by atoms with Gasteiger partial charge in [-0.05, 0) is 30.9 Å². The van der Waals surface area contributed by atoms with Crippen molar-refractivity contribution >= 4 is 33.8 Å². The van der Waals surface area contributed by atoms with E-state index in [1.165, 1.54) is 10.4 Å². The number of aliphatic imine (C=N–C) groups is 1. The third kappa shape index (κ3) is 4.71. The first-order valence-corrected chi connectivity index (χ1v) is 9.03. The van der Waals surface area contributed by atoms with Gasteiger partial charge in [0.2, 0.25) is 0 Å². The number of guanidine groups is 1. The van der Waals surface area contributed by atoms with E-state index in [4.69, 9.17) is 0 Å². The number of nitrogens with one attached hydrogen (secondary N) is 2. The minimum absolute atomic E-state index is 0.586. The molecule has 5 nitrogen and oxygen atoms in total. The van der Waals surface area contributed by atoms with Gasteiger partial charge in [0, 0.05) is 30.9 Å². The smallest absolute Gasteiger partial charge is 0.191 e. The fourth-order valence-corrected chi connectivity index (χ4v) is 3.42. The Labute approximate surface area is 140 Å². The van der Waals surface area contributed by atoms with Crippen molar-refractivity contribution in [2.24, 2.45) is 4.99 Å². The normalized spacial score (nSPS) is 11.5. The second-order valence-corrected chi connectivity index (χ2v) is 6.93. The third-order valence-electron chi connectivity index (χ3n) is 3.05. The Kier molecular flexibility index (Phi) is 6.21. The molecule has 0 aliphatic heterocycles. The van der Waals surface area contributed by atoms with E-state index in [1.54, 1.807) is 22.7 Å². The van der Waals surface area contributed by atoms with E-state index < -0.39 is 0 Å². The van der Waals surface area contributed by atoms with Crippen molar-refractivity contribution in [3.63, 3.8) is 0 Å². The maximum absolute atomic E-state index is 4.61. The van der Waals surface area contributed by atoms with Crippen molar-refractivity contribution in [3.05, 3.63) is 33.0 Å². The second kappa shape index (κ2) is 8.14. The molecule has 0 spiro atoms. The SMILES string of the molecule is CCNC(=NCc1csc(N(C)C)n1)NCc1sccc1C. The van der Waals surface area contributed by atoms with Crippen LogP contribution in [0, 0.1) is 6.92 Å². The van der Waals surface area contributed by atoms with Gasteiger partial charge in [-0.2, -0.15) is 0 Å². The average Bonchev–Trinajstić information content (AvgIpc) is 3.11. The standard InChI is InChI=1S/C15H23N5S2/c1-5-16-14(18-9-13-11(2)6-7-21-13)17-8-12-10-22-15(19-12)20(3)4/h6-7,10H,5,8-9H2,1-4H3,(H2,16,17,18). The summed E-state index contributed by atoms with van der Waals surface area (Å²) in [5, 5.41) is 11.8. The minimum Gasteiger partial charge on any atom is -0.357 e. The van der Waals surface area contributed by atoms with Crippen molar-refractivity contribution in [1.29, 1.82) is 0 Å². The summed E-state index contributed by atoms with van der Waals surface area (Å²) in [6.07, 6.45) is 0. The molecular weight excluding hydrogens is 314 g/mol. The Bertz CT molecular complexity index is 615. The van der Waals surface area contributed by atoms with Crippen LogP contribution in [0.15, 0.2) is 21.8 Å². The molecule has 0 saturated carbocycles. The fourth-order valence-electron chi connectivity index (χ4n) is 1.83. The number of hydrogen-bond acceptors (Lipinski definition) is 5. The van der Waals surface area contributed by atoms with Crippen LogP contribution < -0.4 is 15.5 Å². The van der Waals surface area contributed by atoms with E-state index in [0.717, 1.165) is 29.9 Å². The van der Waals surface area contributed by atoms with Crippen LogP contribution >= 0.6 is 22.7 Å². The molecule has 0 atom stereocenters. The lowest BCUT2D eigenvalue weighted by Crippen LogP contribution is -2.36. The number of thiazole rings is 1. The van der Waals surface area contributed by atoms with Gasteiger partial charge < -0.3 is 15.5 Å². The molecule has 0 aromatic carbocycles. The van der Waals surface area contributed by atoms with Crippen LogP contribution in [0.1, 0.15) is 23.1 Å². The molecule has 2 aromatic rings. The molecule has 0 amide bonds. The molecular formula is C15H23N5S2. The summed E-state index contributed by atoms with van der Waals surface area (Å²) in [7, 11) is 4.00. The topological polar surface area (TPSA) is 52.6 Å². The highest BCUT2D eigenvalue weighted by atomic mass is 32.1. The van der Waals surface area contributed by atoms with Crippen molar-refractivity contribution in [3.8, 4) is 0 Å². The van der Waals surface area contributed by atoms with Gasteiger partial charge in [0.25, 0.3) is 0 Å². The first-order chi connectivity index (χ1) is 10.6. The Balaban J connectivity index is 1.95. The quantitative estimate of drug-likeness (QED) is 0.629. The largest absolute Gasteiger partial charge is 0.357 e. The Morgan fingerprint density at radius 2 is 2.14 bits per heavy atom. The molecule has 0 saturated heterocycles. The average molecular weight is 338 g/mol. The lowest BCUT2D eigenvalue weighted by Gasteiger charge is -2.10. The monoisotopic (exact) mass is 337 g/mol. The predicted octanol–water partition coefficient (Wildman–Crippen LogP) is 2.83. The van der Waals surface area contributed by atoms with E-state index in [2.05, 4.69) is 51.3 Å². The number of anilines is 1. The number of thiophene rings is 1. The van der Waals surface area contributed by atoms with Gasteiger partial charge in [-0.15, -0.1) is 22.7 Å². The maximum atomic E-state index is 4.61. The zero-order valence-corrected chi connectivity index (χ0v) is 15.1. The van der Waals surface area contributed by atoms with Crippen LogP contribution in [-0.2, 0) is 13.1 Å². The fraction of sp³-hybridized carbons (Fsp3) is 0.467. The molecule has 7 heteroatoms.